The summed E-state index contributed by atoms with van der Waals surface area (Å²) in [5.74, 6) is 0.616. The zero-order chi connectivity index (χ0) is 23.4. The highest BCUT2D eigenvalue weighted by Crippen LogP contribution is 2.31. The molecule has 7 heteroatoms. The first-order valence-corrected chi connectivity index (χ1v) is 12.2. The third-order valence-corrected chi connectivity index (χ3v) is 7.46. The van der Waals surface area contributed by atoms with E-state index >= 15 is 0 Å². The quantitative estimate of drug-likeness (QED) is 0.613. The molecule has 180 valence electrons. The number of benzene rings is 1. The molecule has 3 heterocycles. The van der Waals surface area contributed by atoms with Crippen molar-refractivity contribution in [2.45, 2.75) is 57.9 Å². The number of aromatic hydroxyl groups is 1. The predicted octanol–water partition coefficient (Wildman–Crippen LogP) is 3.48. The van der Waals surface area contributed by atoms with Crippen LogP contribution in [0.1, 0.15) is 49.7 Å². The molecule has 1 aromatic carbocycles. The first-order valence-electron chi connectivity index (χ1n) is 12.2. The molecular formula is C26H36N2O5. The minimum Gasteiger partial charge on any atom is -0.508 e. The number of nitrogens with zero attached hydrogens (tertiary/aromatic N) is 2. The summed E-state index contributed by atoms with van der Waals surface area (Å²) in [4.78, 5) is 30.4. The van der Waals surface area contributed by atoms with Crippen LogP contribution >= 0.6 is 0 Å². The first-order chi connectivity index (χ1) is 16.0. The zero-order valence-electron chi connectivity index (χ0n) is 19.8. The van der Waals surface area contributed by atoms with Crippen LogP contribution < -0.4 is 5.63 Å². The van der Waals surface area contributed by atoms with Crippen LogP contribution in [0.4, 0.5) is 0 Å². The molecule has 0 saturated carbocycles. The number of methoxy groups -OCH3 is 1. The van der Waals surface area contributed by atoms with Gasteiger partial charge in [-0.1, -0.05) is 6.42 Å². The minimum absolute atomic E-state index is 0.0565. The molecule has 2 aliphatic heterocycles. The lowest BCUT2D eigenvalue weighted by Gasteiger charge is -2.45. The van der Waals surface area contributed by atoms with Crippen molar-refractivity contribution < 1.29 is 19.1 Å². The predicted molar refractivity (Wildman–Crippen MR) is 128 cm³/mol. The Kier molecular flexibility index (Phi) is 7.71. The van der Waals surface area contributed by atoms with Crippen molar-refractivity contribution in [2.24, 2.45) is 5.92 Å². The molecule has 1 amide bonds. The molecule has 33 heavy (non-hydrogen) atoms. The lowest BCUT2D eigenvalue weighted by Crippen LogP contribution is -2.52. The molecule has 1 N–H and O–H groups in total. The number of ether oxygens (including phenoxy) is 1. The maximum atomic E-state index is 13.3. The Morgan fingerprint density at radius 2 is 2.06 bits per heavy atom. The molecule has 1 aromatic heterocycles. The van der Waals surface area contributed by atoms with Gasteiger partial charge in [-0.3, -0.25) is 4.79 Å². The summed E-state index contributed by atoms with van der Waals surface area (Å²) >= 11 is 0. The van der Waals surface area contributed by atoms with E-state index in [-0.39, 0.29) is 18.1 Å². The number of carbonyl (C=O) groups is 1. The molecule has 2 saturated heterocycles. The molecule has 4 rings (SSSR count). The van der Waals surface area contributed by atoms with Gasteiger partial charge in [0.05, 0.1) is 6.61 Å². The summed E-state index contributed by atoms with van der Waals surface area (Å²) in [6.45, 7) is 6.08. The second kappa shape index (κ2) is 10.7. The molecule has 0 radical (unpaired) electrons. The van der Waals surface area contributed by atoms with E-state index in [1.165, 1.54) is 44.8 Å². The van der Waals surface area contributed by atoms with Crippen LogP contribution in [0.2, 0.25) is 0 Å². The molecule has 0 aliphatic carbocycles. The van der Waals surface area contributed by atoms with Gasteiger partial charge >= 0.3 is 5.63 Å². The van der Waals surface area contributed by atoms with E-state index in [0.717, 1.165) is 23.9 Å². The highest BCUT2D eigenvalue weighted by atomic mass is 16.5. The van der Waals surface area contributed by atoms with E-state index in [9.17, 15) is 14.7 Å². The molecule has 2 unspecified atom stereocenters. The van der Waals surface area contributed by atoms with Crippen molar-refractivity contribution in [3.8, 4) is 5.75 Å². The molecule has 0 spiro atoms. The average Bonchev–Trinajstić information content (AvgIpc) is 2.81. The van der Waals surface area contributed by atoms with E-state index in [0.29, 0.717) is 42.7 Å². The van der Waals surface area contributed by atoms with Crippen molar-refractivity contribution >= 4 is 16.9 Å². The van der Waals surface area contributed by atoms with Gasteiger partial charge in [-0.2, -0.15) is 0 Å². The summed E-state index contributed by atoms with van der Waals surface area (Å²) < 4.78 is 10.7. The van der Waals surface area contributed by atoms with Crippen molar-refractivity contribution in [2.75, 3.05) is 39.9 Å². The number of phenolic OH excluding ortho intramolecular Hbond substituents is 1. The van der Waals surface area contributed by atoms with Crippen LogP contribution in [-0.4, -0.2) is 66.8 Å². The Balaban J connectivity index is 1.46. The zero-order valence-corrected chi connectivity index (χ0v) is 19.8. The van der Waals surface area contributed by atoms with Crippen LogP contribution in [0.25, 0.3) is 11.0 Å². The van der Waals surface area contributed by atoms with Gasteiger partial charge in [-0.05, 0) is 75.7 Å². The lowest BCUT2D eigenvalue weighted by molar-refractivity contribution is -0.133. The fourth-order valence-corrected chi connectivity index (χ4v) is 5.65. The van der Waals surface area contributed by atoms with Crippen molar-refractivity contribution in [1.82, 2.24) is 9.80 Å². The Morgan fingerprint density at radius 3 is 2.88 bits per heavy atom. The summed E-state index contributed by atoms with van der Waals surface area (Å²) in [7, 11) is 1.66. The second-order valence-corrected chi connectivity index (χ2v) is 9.51. The van der Waals surface area contributed by atoms with Gasteiger partial charge in [0.2, 0.25) is 5.91 Å². The highest BCUT2D eigenvalue weighted by Gasteiger charge is 2.34. The van der Waals surface area contributed by atoms with Gasteiger partial charge in [0.1, 0.15) is 11.3 Å². The monoisotopic (exact) mass is 456 g/mol. The first kappa shape index (κ1) is 23.8. The van der Waals surface area contributed by atoms with Gasteiger partial charge in [-0.15, -0.1) is 0 Å². The number of amides is 1. The van der Waals surface area contributed by atoms with Gasteiger partial charge in [0.25, 0.3) is 0 Å². The fourth-order valence-electron chi connectivity index (χ4n) is 5.65. The van der Waals surface area contributed by atoms with E-state index in [1.807, 2.05) is 11.8 Å². The lowest BCUT2D eigenvalue weighted by atomic mass is 9.83. The smallest absolute Gasteiger partial charge is 0.339 e. The average molecular weight is 457 g/mol. The number of hydrogen-bond acceptors (Lipinski definition) is 6. The topological polar surface area (TPSA) is 83.2 Å². The number of fused-ring (bicyclic) bond motifs is 2. The van der Waals surface area contributed by atoms with Crippen LogP contribution in [0.15, 0.2) is 27.4 Å². The fraction of sp³-hybridized carbons (Fsp3) is 0.615. The molecular weight excluding hydrogens is 420 g/mol. The molecule has 2 aliphatic rings. The van der Waals surface area contributed by atoms with E-state index in [4.69, 9.17) is 9.15 Å². The van der Waals surface area contributed by atoms with Gasteiger partial charge in [0, 0.05) is 49.7 Å². The standard InChI is InChI=1S/C26H36N2O5/c1-18-21-9-8-20(29)16-24(21)33-26(31)22(18)10-11-25(30)28(14-15-32-2)17-19-6-5-13-27-12-4-3-7-23(19)27/h8-9,16,19,23,29H,3-7,10-15,17H2,1-2H3. The number of aryl methyl sites for hydroxylation is 1. The van der Waals surface area contributed by atoms with E-state index in [2.05, 4.69) is 4.90 Å². The number of piperidine rings is 2. The van der Waals surface area contributed by atoms with E-state index in [1.54, 1.807) is 19.2 Å². The number of hydrogen-bond donors (Lipinski definition) is 1. The number of carbonyl (C=O) groups excluding carboxylic acids is 1. The second-order valence-electron chi connectivity index (χ2n) is 9.51. The van der Waals surface area contributed by atoms with Crippen LogP contribution in [0.5, 0.6) is 5.75 Å². The van der Waals surface area contributed by atoms with Crippen LogP contribution in [-0.2, 0) is 16.0 Å². The van der Waals surface area contributed by atoms with Gasteiger partial charge in [0.15, 0.2) is 0 Å². The molecule has 7 nitrogen and oxygen atoms in total. The summed E-state index contributed by atoms with van der Waals surface area (Å²) in [6.07, 6.45) is 6.75. The van der Waals surface area contributed by atoms with E-state index < -0.39 is 5.63 Å². The van der Waals surface area contributed by atoms with Crippen molar-refractivity contribution in [1.29, 1.82) is 0 Å². The molecule has 0 bridgehead atoms. The minimum atomic E-state index is -0.438. The van der Waals surface area contributed by atoms with Crippen LogP contribution in [0.3, 0.4) is 0 Å². The third-order valence-electron chi connectivity index (χ3n) is 7.46. The highest BCUT2D eigenvalue weighted by molar-refractivity contribution is 5.82. The van der Waals surface area contributed by atoms with Gasteiger partial charge < -0.3 is 24.1 Å². The van der Waals surface area contributed by atoms with Crippen molar-refractivity contribution in [3.05, 3.63) is 39.7 Å². The largest absolute Gasteiger partial charge is 0.508 e. The Morgan fingerprint density at radius 1 is 1.24 bits per heavy atom. The van der Waals surface area contributed by atoms with Gasteiger partial charge in [-0.25, -0.2) is 4.79 Å². The summed E-state index contributed by atoms with van der Waals surface area (Å²) in [6, 6.07) is 5.36. The Bertz CT molecular complexity index is 1030. The number of rotatable bonds is 8. The maximum Gasteiger partial charge on any atom is 0.339 e. The summed E-state index contributed by atoms with van der Waals surface area (Å²) in [5.41, 5.74) is 1.27. The summed E-state index contributed by atoms with van der Waals surface area (Å²) in [5, 5.41) is 10.5. The van der Waals surface area contributed by atoms with Crippen molar-refractivity contribution in [3.63, 3.8) is 0 Å². The Labute approximate surface area is 195 Å². The normalized spacial score (nSPS) is 21.2. The molecule has 2 fully saturated rings. The Hall–Kier alpha value is -2.38. The van der Waals surface area contributed by atoms with Crippen LogP contribution in [0, 0.1) is 12.8 Å². The molecule has 2 aromatic rings. The SMILES string of the molecule is COCCN(CC1CCCN2CCCCC12)C(=O)CCc1c(C)c2ccc(O)cc2oc1=O. The molecule has 2 atom stereocenters. The third kappa shape index (κ3) is 5.41. The maximum absolute atomic E-state index is 13.3. The number of phenols is 1.